The van der Waals surface area contributed by atoms with E-state index in [9.17, 15) is 4.79 Å². The zero-order chi connectivity index (χ0) is 15.0. The van der Waals surface area contributed by atoms with Crippen molar-refractivity contribution in [2.24, 2.45) is 11.8 Å². The molecule has 112 valence electrons. The highest BCUT2D eigenvalue weighted by Gasteiger charge is 2.33. The van der Waals surface area contributed by atoms with E-state index in [4.69, 9.17) is 9.47 Å². The zero-order valence-corrected chi connectivity index (χ0v) is 12.9. The largest absolute Gasteiger partial charge is 0.493 e. The summed E-state index contributed by atoms with van der Waals surface area (Å²) >= 11 is 0. The average molecular weight is 286 g/mol. The molecule has 2 atom stereocenters. The van der Waals surface area contributed by atoms with Gasteiger partial charge in [-0.2, -0.15) is 0 Å². The first-order valence-electron chi connectivity index (χ1n) is 7.68. The third-order valence-corrected chi connectivity index (χ3v) is 4.88. The van der Waals surface area contributed by atoms with Gasteiger partial charge in [0.05, 0.1) is 14.2 Å². The molecule has 2 aliphatic rings. The number of benzene rings is 1. The van der Waals surface area contributed by atoms with Crippen LogP contribution in [-0.4, -0.2) is 20.0 Å². The van der Waals surface area contributed by atoms with Gasteiger partial charge in [0.2, 0.25) is 0 Å². The molecule has 3 heteroatoms. The molecule has 1 aromatic carbocycles. The van der Waals surface area contributed by atoms with Crippen molar-refractivity contribution in [1.29, 1.82) is 0 Å². The molecule has 0 radical (unpaired) electrons. The average Bonchev–Trinajstić information content (AvgIpc) is 2.52. The second kappa shape index (κ2) is 5.55. The van der Waals surface area contributed by atoms with Gasteiger partial charge in [0.25, 0.3) is 0 Å². The number of ketones is 1. The smallest absolute Gasteiger partial charge is 0.161 e. The number of hydrogen-bond acceptors (Lipinski definition) is 3. The fourth-order valence-corrected chi connectivity index (χ4v) is 3.64. The monoisotopic (exact) mass is 286 g/mol. The summed E-state index contributed by atoms with van der Waals surface area (Å²) in [6.45, 7) is 2.10. The van der Waals surface area contributed by atoms with Crippen LogP contribution in [0.1, 0.15) is 37.3 Å². The van der Waals surface area contributed by atoms with E-state index in [2.05, 4.69) is 13.0 Å². The second-order valence-electron chi connectivity index (χ2n) is 5.94. The lowest BCUT2D eigenvalue weighted by Gasteiger charge is -2.34. The van der Waals surface area contributed by atoms with Gasteiger partial charge >= 0.3 is 0 Å². The van der Waals surface area contributed by atoms with Crippen LogP contribution in [0.15, 0.2) is 18.2 Å². The van der Waals surface area contributed by atoms with Crippen LogP contribution in [0, 0.1) is 11.8 Å². The summed E-state index contributed by atoms with van der Waals surface area (Å²) in [7, 11) is 3.31. The summed E-state index contributed by atoms with van der Waals surface area (Å²) in [6.07, 6.45) is 5.99. The van der Waals surface area contributed by atoms with Crippen molar-refractivity contribution in [2.45, 2.75) is 32.6 Å². The van der Waals surface area contributed by atoms with Gasteiger partial charge in [0, 0.05) is 5.92 Å². The maximum Gasteiger partial charge on any atom is 0.161 e. The van der Waals surface area contributed by atoms with E-state index in [0.29, 0.717) is 5.92 Å². The van der Waals surface area contributed by atoms with E-state index in [1.807, 2.05) is 12.1 Å². The Bertz CT molecular complexity index is 601. The number of allylic oxidation sites excluding steroid dienone is 2. The van der Waals surface area contributed by atoms with Crippen molar-refractivity contribution >= 4 is 11.4 Å². The first kappa shape index (κ1) is 14.2. The Labute approximate surface area is 125 Å². The van der Waals surface area contributed by atoms with Crippen molar-refractivity contribution in [2.75, 3.05) is 14.2 Å². The quantitative estimate of drug-likeness (QED) is 0.851. The van der Waals surface area contributed by atoms with Crippen molar-refractivity contribution in [1.82, 2.24) is 0 Å². The number of carbonyl (C=O) groups is 1. The van der Waals surface area contributed by atoms with E-state index in [1.165, 1.54) is 16.7 Å². The molecule has 0 bridgehead atoms. The van der Waals surface area contributed by atoms with E-state index in [1.54, 1.807) is 14.2 Å². The molecular formula is C18H22O3. The minimum absolute atomic E-state index is 0.209. The van der Waals surface area contributed by atoms with E-state index in [-0.39, 0.29) is 11.7 Å². The van der Waals surface area contributed by atoms with Gasteiger partial charge in [0.1, 0.15) is 0 Å². The van der Waals surface area contributed by atoms with Gasteiger partial charge in [0.15, 0.2) is 17.3 Å². The predicted molar refractivity (Wildman–Crippen MR) is 82.7 cm³/mol. The summed E-state index contributed by atoms with van der Waals surface area (Å²) in [5.41, 5.74) is 3.64. The highest BCUT2D eigenvalue weighted by Crippen LogP contribution is 2.45. The summed E-state index contributed by atoms with van der Waals surface area (Å²) < 4.78 is 10.8. The first-order chi connectivity index (χ1) is 10.2. The molecule has 0 fully saturated rings. The lowest BCUT2D eigenvalue weighted by Crippen LogP contribution is -2.26. The maximum absolute atomic E-state index is 12.2. The molecule has 1 aromatic rings. The van der Waals surface area contributed by atoms with Crippen LogP contribution in [0.25, 0.3) is 5.57 Å². The molecule has 0 spiro atoms. The number of aryl methyl sites for hydroxylation is 1. The summed E-state index contributed by atoms with van der Waals surface area (Å²) in [5, 5.41) is 0. The number of hydrogen-bond donors (Lipinski definition) is 0. The molecule has 0 aliphatic heterocycles. The molecule has 0 amide bonds. The highest BCUT2D eigenvalue weighted by molar-refractivity contribution is 6.01. The Morgan fingerprint density at radius 3 is 2.57 bits per heavy atom. The highest BCUT2D eigenvalue weighted by atomic mass is 16.5. The fourth-order valence-electron chi connectivity index (χ4n) is 3.64. The number of carbonyl (C=O) groups excluding carboxylic acids is 1. The Balaban J connectivity index is 2.08. The molecule has 0 saturated carbocycles. The molecule has 2 aliphatic carbocycles. The van der Waals surface area contributed by atoms with Gasteiger partial charge in [-0.25, -0.2) is 0 Å². The van der Waals surface area contributed by atoms with Crippen molar-refractivity contribution in [3.05, 3.63) is 29.3 Å². The first-order valence-corrected chi connectivity index (χ1v) is 7.68. The molecule has 0 aromatic heterocycles. The van der Waals surface area contributed by atoms with Gasteiger partial charge in [-0.3, -0.25) is 4.79 Å². The van der Waals surface area contributed by atoms with Crippen LogP contribution >= 0.6 is 0 Å². The topological polar surface area (TPSA) is 35.5 Å². The SMILES string of the molecule is CC[C@@H]1C[C@H]2CCc3cc(OC)c(OC)cc3C2=CC1=O. The number of rotatable bonds is 3. The van der Waals surface area contributed by atoms with Crippen LogP contribution < -0.4 is 9.47 Å². The number of fused-ring (bicyclic) bond motifs is 3. The van der Waals surface area contributed by atoms with E-state index in [0.717, 1.165) is 37.2 Å². The van der Waals surface area contributed by atoms with Crippen LogP contribution in [0.3, 0.4) is 0 Å². The summed E-state index contributed by atoms with van der Waals surface area (Å²) in [6, 6.07) is 4.09. The van der Waals surface area contributed by atoms with Crippen LogP contribution in [0.5, 0.6) is 11.5 Å². The molecule has 0 heterocycles. The molecule has 0 unspecified atom stereocenters. The molecule has 3 nitrogen and oxygen atoms in total. The Morgan fingerprint density at radius 2 is 1.90 bits per heavy atom. The van der Waals surface area contributed by atoms with Gasteiger partial charge in [-0.05, 0) is 66.5 Å². The fraction of sp³-hybridized carbons (Fsp3) is 0.500. The van der Waals surface area contributed by atoms with Gasteiger partial charge < -0.3 is 9.47 Å². The molecule has 0 saturated heterocycles. The minimum atomic E-state index is 0.209. The molecule has 21 heavy (non-hydrogen) atoms. The molecular weight excluding hydrogens is 264 g/mol. The third-order valence-electron chi connectivity index (χ3n) is 4.88. The van der Waals surface area contributed by atoms with E-state index < -0.39 is 0 Å². The van der Waals surface area contributed by atoms with Crippen LogP contribution in [0.4, 0.5) is 0 Å². The maximum atomic E-state index is 12.2. The lowest BCUT2D eigenvalue weighted by atomic mass is 9.70. The lowest BCUT2D eigenvalue weighted by molar-refractivity contribution is -0.119. The summed E-state index contributed by atoms with van der Waals surface area (Å²) in [4.78, 5) is 12.2. The van der Waals surface area contributed by atoms with Crippen molar-refractivity contribution in [3.63, 3.8) is 0 Å². The van der Waals surface area contributed by atoms with Crippen LogP contribution in [0.2, 0.25) is 0 Å². The minimum Gasteiger partial charge on any atom is -0.493 e. The zero-order valence-electron chi connectivity index (χ0n) is 12.9. The van der Waals surface area contributed by atoms with Gasteiger partial charge in [-0.15, -0.1) is 0 Å². The Kier molecular flexibility index (Phi) is 3.75. The van der Waals surface area contributed by atoms with E-state index >= 15 is 0 Å². The van der Waals surface area contributed by atoms with Crippen LogP contribution in [-0.2, 0) is 11.2 Å². The standard InChI is InChI=1S/C18H22O3/c1-4-11-7-12-5-6-13-8-17(20-2)18(21-3)10-15(13)14(12)9-16(11)19/h8-12H,4-7H2,1-3H3/t11-,12-/m1/s1. The number of methoxy groups -OCH3 is 2. The van der Waals surface area contributed by atoms with Crippen molar-refractivity contribution in [3.8, 4) is 11.5 Å². The Morgan fingerprint density at radius 1 is 1.19 bits per heavy atom. The molecule has 0 N–H and O–H groups in total. The number of ether oxygens (including phenoxy) is 2. The predicted octanol–water partition coefficient (Wildman–Crippen LogP) is 3.65. The summed E-state index contributed by atoms with van der Waals surface area (Å²) in [5.74, 6) is 2.51. The molecule has 3 rings (SSSR count). The van der Waals surface area contributed by atoms with Crippen molar-refractivity contribution < 1.29 is 14.3 Å². The second-order valence-corrected chi connectivity index (χ2v) is 5.94. The Hall–Kier alpha value is -1.77. The van der Waals surface area contributed by atoms with Gasteiger partial charge in [-0.1, -0.05) is 6.92 Å². The third kappa shape index (κ3) is 2.35. The normalized spacial score (nSPS) is 24.0.